The van der Waals surface area contributed by atoms with Gasteiger partial charge in [-0.05, 0) is 50.8 Å². The van der Waals surface area contributed by atoms with Crippen molar-refractivity contribution in [2.75, 3.05) is 14.1 Å². The van der Waals surface area contributed by atoms with E-state index in [-0.39, 0.29) is 11.8 Å². The average molecular weight is 269 g/mol. The SMILES string of the molecule is CC(=O)C(c1ccc(Oc2ccccc2)cc1)N(C)C. The van der Waals surface area contributed by atoms with Crippen molar-refractivity contribution in [1.29, 1.82) is 0 Å². The highest BCUT2D eigenvalue weighted by atomic mass is 16.5. The van der Waals surface area contributed by atoms with Crippen molar-refractivity contribution < 1.29 is 9.53 Å². The number of carbonyl (C=O) groups excluding carboxylic acids is 1. The molecule has 0 aromatic heterocycles. The molecule has 0 aliphatic heterocycles. The number of carbonyl (C=O) groups is 1. The number of rotatable bonds is 5. The van der Waals surface area contributed by atoms with Crippen LogP contribution in [0, 0.1) is 0 Å². The fourth-order valence-electron chi connectivity index (χ4n) is 2.24. The second-order valence-electron chi connectivity index (χ2n) is 4.96. The lowest BCUT2D eigenvalue weighted by molar-refractivity contribution is -0.121. The highest BCUT2D eigenvalue weighted by Gasteiger charge is 2.18. The third-order valence-corrected chi connectivity index (χ3v) is 3.08. The summed E-state index contributed by atoms with van der Waals surface area (Å²) in [5.74, 6) is 1.70. The van der Waals surface area contributed by atoms with Gasteiger partial charge in [0.15, 0.2) is 5.78 Å². The summed E-state index contributed by atoms with van der Waals surface area (Å²) >= 11 is 0. The summed E-state index contributed by atoms with van der Waals surface area (Å²) in [6, 6.07) is 17.1. The van der Waals surface area contributed by atoms with Gasteiger partial charge in [-0.2, -0.15) is 0 Å². The van der Waals surface area contributed by atoms with Crippen molar-refractivity contribution >= 4 is 5.78 Å². The summed E-state index contributed by atoms with van der Waals surface area (Å²) < 4.78 is 5.74. The van der Waals surface area contributed by atoms with Crippen LogP contribution in [0.3, 0.4) is 0 Å². The van der Waals surface area contributed by atoms with Gasteiger partial charge in [-0.15, -0.1) is 0 Å². The minimum absolute atomic E-state index is 0.131. The molecular formula is C17H19NO2. The van der Waals surface area contributed by atoms with E-state index in [0.717, 1.165) is 17.1 Å². The van der Waals surface area contributed by atoms with Gasteiger partial charge >= 0.3 is 0 Å². The number of hydrogen-bond acceptors (Lipinski definition) is 3. The van der Waals surface area contributed by atoms with Crippen molar-refractivity contribution in [1.82, 2.24) is 4.90 Å². The van der Waals surface area contributed by atoms with Crippen molar-refractivity contribution in [3.8, 4) is 11.5 Å². The van der Waals surface area contributed by atoms with Gasteiger partial charge in [0.25, 0.3) is 0 Å². The van der Waals surface area contributed by atoms with E-state index in [1.165, 1.54) is 0 Å². The van der Waals surface area contributed by atoms with Gasteiger partial charge in [0.05, 0.1) is 6.04 Å². The first-order valence-corrected chi connectivity index (χ1v) is 6.57. The minimum Gasteiger partial charge on any atom is -0.457 e. The van der Waals surface area contributed by atoms with Crippen LogP contribution in [0.15, 0.2) is 54.6 Å². The summed E-state index contributed by atoms with van der Waals surface area (Å²) in [7, 11) is 3.81. The lowest BCUT2D eigenvalue weighted by atomic mass is 10.0. The molecule has 0 N–H and O–H groups in total. The van der Waals surface area contributed by atoms with E-state index in [4.69, 9.17) is 4.74 Å². The van der Waals surface area contributed by atoms with Gasteiger partial charge in [-0.25, -0.2) is 0 Å². The summed E-state index contributed by atoms with van der Waals surface area (Å²) in [5, 5.41) is 0. The molecule has 0 aliphatic rings. The van der Waals surface area contributed by atoms with E-state index < -0.39 is 0 Å². The molecule has 1 atom stereocenters. The smallest absolute Gasteiger partial charge is 0.151 e. The van der Waals surface area contributed by atoms with Gasteiger partial charge in [-0.1, -0.05) is 30.3 Å². The van der Waals surface area contributed by atoms with Crippen LogP contribution < -0.4 is 4.74 Å². The number of likely N-dealkylation sites (N-methyl/N-ethyl adjacent to an activating group) is 1. The predicted octanol–water partition coefficient (Wildman–Crippen LogP) is 3.67. The number of benzene rings is 2. The molecule has 0 saturated heterocycles. The highest BCUT2D eigenvalue weighted by molar-refractivity contribution is 5.82. The van der Waals surface area contributed by atoms with Crippen molar-refractivity contribution in [3.63, 3.8) is 0 Å². The standard InChI is InChI=1S/C17H19NO2/c1-13(19)17(18(2)3)14-9-11-16(12-10-14)20-15-7-5-4-6-8-15/h4-12,17H,1-3H3. The van der Waals surface area contributed by atoms with Gasteiger partial charge in [0.2, 0.25) is 0 Å². The lowest BCUT2D eigenvalue weighted by Crippen LogP contribution is -2.25. The Bertz CT molecular complexity index is 561. The molecule has 20 heavy (non-hydrogen) atoms. The van der Waals surface area contributed by atoms with Crippen molar-refractivity contribution in [2.24, 2.45) is 0 Å². The number of ketones is 1. The van der Waals surface area contributed by atoms with Crippen molar-refractivity contribution in [2.45, 2.75) is 13.0 Å². The normalized spacial score (nSPS) is 12.2. The van der Waals surface area contributed by atoms with Crippen LogP contribution in [0.2, 0.25) is 0 Å². The van der Waals surface area contributed by atoms with Crippen molar-refractivity contribution in [3.05, 3.63) is 60.2 Å². The third kappa shape index (κ3) is 3.45. The van der Waals surface area contributed by atoms with E-state index in [1.807, 2.05) is 73.6 Å². The average Bonchev–Trinajstić information content (AvgIpc) is 2.41. The van der Waals surface area contributed by atoms with E-state index in [9.17, 15) is 4.79 Å². The molecule has 2 rings (SSSR count). The maximum Gasteiger partial charge on any atom is 0.151 e. The van der Waals surface area contributed by atoms with Gasteiger partial charge in [-0.3, -0.25) is 9.69 Å². The second-order valence-corrected chi connectivity index (χ2v) is 4.96. The molecule has 0 amide bonds. The van der Waals surface area contributed by atoms with Crippen LogP contribution in [-0.4, -0.2) is 24.8 Å². The Balaban J connectivity index is 2.15. The van der Waals surface area contributed by atoms with Gasteiger partial charge in [0.1, 0.15) is 11.5 Å². The zero-order valence-corrected chi connectivity index (χ0v) is 12.0. The molecule has 0 heterocycles. The molecule has 0 fully saturated rings. The number of Topliss-reactive ketones (excluding diaryl/α,β-unsaturated/α-hetero) is 1. The lowest BCUT2D eigenvalue weighted by Gasteiger charge is -2.22. The van der Waals surface area contributed by atoms with Crippen LogP contribution >= 0.6 is 0 Å². The Morgan fingerprint density at radius 1 is 0.950 bits per heavy atom. The Kier molecular flexibility index (Phi) is 4.53. The first kappa shape index (κ1) is 14.3. The summed E-state index contributed by atoms with van der Waals surface area (Å²) in [6.45, 7) is 1.61. The molecule has 0 bridgehead atoms. The number of nitrogens with zero attached hydrogens (tertiary/aromatic N) is 1. The molecule has 2 aromatic carbocycles. The van der Waals surface area contributed by atoms with Crippen LogP contribution in [-0.2, 0) is 4.79 Å². The predicted molar refractivity (Wildman–Crippen MR) is 80.1 cm³/mol. The molecular weight excluding hydrogens is 250 g/mol. The van der Waals surface area contributed by atoms with Crippen LogP contribution in [0.5, 0.6) is 11.5 Å². The fraction of sp³-hybridized carbons (Fsp3) is 0.235. The molecule has 3 nitrogen and oxygen atoms in total. The number of ether oxygens (including phenoxy) is 1. The fourth-order valence-corrected chi connectivity index (χ4v) is 2.24. The van der Waals surface area contributed by atoms with Gasteiger partial charge in [0, 0.05) is 0 Å². The largest absolute Gasteiger partial charge is 0.457 e. The zero-order chi connectivity index (χ0) is 14.5. The Morgan fingerprint density at radius 3 is 2.00 bits per heavy atom. The first-order valence-electron chi connectivity index (χ1n) is 6.57. The molecule has 2 aromatic rings. The van der Waals surface area contributed by atoms with Crippen LogP contribution in [0.25, 0.3) is 0 Å². The summed E-state index contributed by atoms with van der Waals surface area (Å²) in [5.41, 5.74) is 0.975. The third-order valence-electron chi connectivity index (χ3n) is 3.08. The van der Waals surface area contributed by atoms with E-state index >= 15 is 0 Å². The van der Waals surface area contributed by atoms with Crippen LogP contribution in [0.1, 0.15) is 18.5 Å². The molecule has 104 valence electrons. The highest BCUT2D eigenvalue weighted by Crippen LogP contribution is 2.25. The first-order chi connectivity index (χ1) is 9.58. The maximum atomic E-state index is 11.7. The Labute approximate surface area is 119 Å². The topological polar surface area (TPSA) is 29.5 Å². The van der Waals surface area contributed by atoms with E-state index in [0.29, 0.717) is 0 Å². The Morgan fingerprint density at radius 2 is 1.50 bits per heavy atom. The molecule has 1 unspecified atom stereocenters. The quantitative estimate of drug-likeness (QED) is 0.829. The maximum absolute atomic E-state index is 11.7. The molecule has 0 radical (unpaired) electrons. The summed E-state index contributed by atoms with van der Waals surface area (Å²) in [4.78, 5) is 13.6. The second kappa shape index (κ2) is 6.35. The Hall–Kier alpha value is -2.13. The van der Waals surface area contributed by atoms with Crippen LogP contribution in [0.4, 0.5) is 0 Å². The van der Waals surface area contributed by atoms with E-state index in [1.54, 1.807) is 6.92 Å². The summed E-state index contributed by atoms with van der Waals surface area (Å²) in [6.07, 6.45) is 0. The number of hydrogen-bond donors (Lipinski definition) is 0. The molecule has 0 spiro atoms. The zero-order valence-electron chi connectivity index (χ0n) is 12.0. The molecule has 0 aliphatic carbocycles. The molecule has 0 saturated carbocycles. The van der Waals surface area contributed by atoms with Gasteiger partial charge < -0.3 is 4.74 Å². The minimum atomic E-state index is -0.208. The van der Waals surface area contributed by atoms with E-state index in [2.05, 4.69) is 0 Å². The number of para-hydroxylation sites is 1. The monoisotopic (exact) mass is 269 g/mol. The molecule has 3 heteroatoms.